The molecule has 170 valence electrons. The number of rotatable bonds is 5. The van der Waals surface area contributed by atoms with Crippen molar-refractivity contribution in [1.82, 2.24) is 15.0 Å². The molecule has 2 heterocycles. The van der Waals surface area contributed by atoms with E-state index in [0.717, 1.165) is 10.6 Å². The van der Waals surface area contributed by atoms with E-state index in [1.807, 2.05) is 39.8 Å². The van der Waals surface area contributed by atoms with Gasteiger partial charge in [0.1, 0.15) is 11.0 Å². The molecule has 0 radical (unpaired) electrons. The van der Waals surface area contributed by atoms with Crippen molar-refractivity contribution in [3.63, 3.8) is 0 Å². The number of thiazole rings is 1. The molecule has 0 bridgehead atoms. The summed E-state index contributed by atoms with van der Waals surface area (Å²) >= 11 is 1.45. The van der Waals surface area contributed by atoms with Crippen molar-refractivity contribution in [2.75, 3.05) is 10.5 Å². The third kappa shape index (κ3) is 4.94. The summed E-state index contributed by atoms with van der Waals surface area (Å²) in [4.78, 5) is 14.3. The van der Waals surface area contributed by atoms with Crippen molar-refractivity contribution in [1.29, 1.82) is 0 Å². The molecular formula is C24H24FN5OS2. The highest BCUT2D eigenvalue weighted by Crippen LogP contribution is 2.41. The largest absolute Gasteiger partial charge is 0.368 e. The number of nitrogens with two attached hydrogens (primary N) is 1. The summed E-state index contributed by atoms with van der Waals surface area (Å²) in [6.07, 6.45) is 1.57. The molecular weight excluding hydrogens is 457 g/mol. The number of nitrogen functional groups attached to an aromatic ring is 1. The minimum atomic E-state index is -1.62. The van der Waals surface area contributed by atoms with Crippen molar-refractivity contribution < 1.29 is 8.60 Å². The molecule has 0 saturated carbocycles. The number of aryl methyl sites for hydroxylation is 1. The van der Waals surface area contributed by atoms with Gasteiger partial charge in [-0.1, -0.05) is 44.5 Å². The predicted octanol–water partition coefficient (Wildman–Crippen LogP) is 5.73. The van der Waals surface area contributed by atoms with Crippen LogP contribution >= 0.6 is 11.3 Å². The zero-order valence-electron chi connectivity index (χ0n) is 18.7. The number of nitrogens with zero attached hydrogens (tertiary/aromatic N) is 3. The summed E-state index contributed by atoms with van der Waals surface area (Å²) in [5.41, 5.74) is 8.07. The van der Waals surface area contributed by atoms with Crippen LogP contribution in [0.15, 0.2) is 59.6 Å². The first-order chi connectivity index (χ1) is 15.6. The Labute approximate surface area is 198 Å². The first kappa shape index (κ1) is 23.0. The number of benzene rings is 2. The van der Waals surface area contributed by atoms with E-state index in [4.69, 9.17) is 10.7 Å². The molecule has 2 aromatic heterocycles. The molecule has 0 aliphatic rings. The predicted molar refractivity (Wildman–Crippen MR) is 133 cm³/mol. The lowest BCUT2D eigenvalue weighted by Gasteiger charge is -2.13. The monoisotopic (exact) mass is 481 g/mol. The molecule has 0 spiro atoms. The smallest absolute Gasteiger partial charge is 0.220 e. The third-order valence-electron chi connectivity index (χ3n) is 4.87. The molecule has 6 nitrogen and oxygen atoms in total. The number of halogens is 1. The third-order valence-corrected chi connectivity index (χ3v) is 7.48. The molecule has 0 fully saturated rings. The Morgan fingerprint density at radius 1 is 1.06 bits per heavy atom. The van der Waals surface area contributed by atoms with E-state index in [-0.39, 0.29) is 17.1 Å². The van der Waals surface area contributed by atoms with Gasteiger partial charge in [0.15, 0.2) is 5.82 Å². The van der Waals surface area contributed by atoms with Gasteiger partial charge in [-0.25, -0.2) is 23.6 Å². The Morgan fingerprint density at radius 3 is 2.45 bits per heavy atom. The average molecular weight is 482 g/mol. The van der Waals surface area contributed by atoms with Crippen LogP contribution in [0.2, 0.25) is 0 Å². The van der Waals surface area contributed by atoms with Crippen LogP contribution in [0.5, 0.6) is 0 Å². The molecule has 4 rings (SSSR count). The number of anilines is 2. The summed E-state index contributed by atoms with van der Waals surface area (Å²) in [5, 5.41) is 0.839. The Bertz CT molecular complexity index is 1330. The first-order valence-corrected chi connectivity index (χ1v) is 12.2. The van der Waals surface area contributed by atoms with Crippen molar-refractivity contribution >= 4 is 34.0 Å². The Kier molecular flexibility index (Phi) is 6.27. The zero-order valence-corrected chi connectivity index (χ0v) is 20.4. The summed E-state index contributed by atoms with van der Waals surface area (Å²) in [7, 11) is -1.62. The second kappa shape index (κ2) is 8.99. The van der Waals surface area contributed by atoms with Gasteiger partial charge in [-0.05, 0) is 37.3 Å². The van der Waals surface area contributed by atoms with E-state index in [9.17, 15) is 4.21 Å². The summed E-state index contributed by atoms with van der Waals surface area (Å²) in [5.74, 6) is -0.402. The molecule has 1 atom stereocenters. The molecule has 0 aliphatic heterocycles. The van der Waals surface area contributed by atoms with E-state index in [1.165, 1.54) is 11.3 Å². The SMILES string of the molecule is Cc1ccc(S(=O)Nc2cccc(-c3nc(C(C)(C)C)sc3-c3ccnc(N)n3)c2F)cc1. The van der Waals surface area contributed by atoms with E-state index < -0.39 is 16.8 Å². The minimum absolute atomic E-state index is 0.130. The van der Waals surface area contributed by atoms with Gasteiger partial charge in [-0.3, -0.25) is 4.72 Å². The van der Waals surface area contributed by atoms with Gasteiger partial charge in [-0.2, -0.15) is 0 Å². The summed E-state index contributed by atoms with van der Waals surface area (Å²) < 4.78 is 31.3. The van der Waals surface area contributed by atoms with Crippen molar-refractivity contribution in [3.8, 4) is 21.8 Å². The molecule has 0 amide bonds. The topological polar surface area (TPSA) is 93.8 Å². The molecule has 0 aliphatic carbocycles. The molecule has 33 heavy (non-hydrogen) atoms. The van der Waals surface area contributed by atoms with Gasteiger partial charge >= 0.3 is 0 Å². The quantitative estimate of drug-likeness (QED) is 0.380. The maximum absolute atomic E-state index is 15.7. The molecule has 4 aromatic rings. The molecule has 0 saturated heterocycles. The van der Waals surface area contributed by atoms with Crippen LogP contribution in [0.3, 0.4) is 0 Å². The highest BCUT2D eigenvalue weighted by atomic mass is 32.2. The summed E-state index contributed by atoms with van der Waals surface area (Å²) in [6, 6.07) is 13.9. The van der Waals surface area contributed by atoms with Crippen LogP contribution in [0, 0.1) is 12.7 Å². The van der Waals surface area contributed by atoms with E-state index in [1.54, 1.807) is 42.6 Å². The van der Waals surface area contributed by atoms with Crippen LogP contribution in [-0.4, -0.2) is 19.2 Å². The van der Waals surface area contributed by atoms with Crippen molar-refractivity contribution in [2.45, 2.75) is 38.0 Å². The van der Waals surface area contributed by atoms with Gasteiger partial charge < -0.3 is 5.73 Å². The lowest BCUT2D eigenvalue weighted by molar-refractivity contribution is 0.585. The highest BCUT2D eigenvalue weighted by molar-refractivity contribution is 7.86. The van der Waals surface area contributed by atoms with Crippen LogP contribution in [0.4, 0.5) is 16.0 Å². The standard InChI is InChI=1S/C24H24FN5OS2/c1-14-8-10-15(11-9-14)33(31)30-17-7-5-6-16(19(17)25)20-21(18-12-13-27-23(26)28-18)32-22(29-20)24(2,3)4/h5-13,30H,1-4H3,(H2,26,27,28). The van der Waals surface area contributed by atoms with Gasteiger partial charge in [0.2, 0.25) is 5.95 Å². The minimum Gasteiger partial charge on any atom is -0.368 e. The van der Waals surface area contributed by atoms with Gasteiger partial charge in [0, 0.05) is 17.2 Å². The zero-order chi connectivity index (χ0) is 23.8. The lowest BCUT2D eigenvalue weighted by Crippen LogP contribution is -2.10. The van der Waals surface area contributed by atoms with E-state index in [0.29, 0.717) is 26.7 Å². The fourth-order valence-electron chi connectivity index (χ4n) is 3.11. The van der Waals surface area contributed by atoms with Crippen LogP contribution in [-0.2, 0) is 16.4 Å². The van der Waals surface area contributed by atoms with Gasteiger partial charge in [-0.15, -0.1) is 11.3 Å². The van der Waals surface area contributed by atoms with Crippen LogP contribution in [0.25, 0.3) is 21.8 Å². The highest BCUT2D eigenvalue weighted by Gasteiger charge is 2.26. The number of hydrogen-bond donors (Lipinski definition) is 2. The number of nitrogens with one attached hydrogen (secondary N) is 1. The van der Waals surface area contributed by atoms with Gasteiger partial charge in [0.05, 0.1) is 31.9 Å². The number of aromatic nitrogens is 3. The van der Waals surface area contributed by atoms with E-state index >= 15 is 4.39 Å². The fourth-order valence-corrected chi connectivity index (χ4v) is 5.08. The molecule has 2 aromatic carbocycles. The normalized spacial score (nSPS) is 12.5. The van der Waals surface area contributed by atoms with Crippen molar-refractivity contribution in [3.05, 3.63) is 71.1 Å². The Morgan fingerprint density at radius 2 is 1.79 bits per heavy atom. The molecule has 1 unspecified atom stereocenters. The number of hydrogen-bond acceptors (Lipinski definition) is 6. The maximum atomic E-state index is 15.7. The molecule has 9 heteroatoms. The van der Waals surface area contributed by atoms with Gasteiger partial charge in [0.25, 0.3) is 0 Å². The second-order valence-corrected chi connectivity index (χ2v) is 10.8. The van der Waals surface area contributed by atoms with Crippen LogP contribution in [0.1, 0.15) is 31.3 Å². The fraction of sp³-hybridized carbons (Fsp3) is 0.208. The summed E-state index contributed by atoms with van der Waals surface area (Å²) in [6.45, 7) is 8.10. The first-order valence-electron chi connectivity index (χ1n) is 10.3. The average Bonchev–Trinajstić information content (AvgIpc) is 3.21. The van der Waals surface area contributed by atoms with E-state index in [2.05, 4.69) is 14.7 Å². The van der Waals surface area contributed by atoms with Crippen LogP contribution < -0.4 is 10.5 Å². The second-order valence-electron chi connectivity index (χ2n) is 8.60. The lowest BCUT2D eigenvalue weighted by atomic mass is 9.98. The van der Waals surface area contributed by atoms with Crippen molar-refractivity contribution in [2.24, 2.45) is 0 Å². The Hall–Kier alpha value is -3.17. The molecule has 3 N–H and O–H groups in total. The Balaban J connectivity index is 1.78. The maximum Gasteiger partial charge on any atom is 0.220 e.